The van der Waals surface area contributed by atoms with Gasteiger partial charge in [0.2, 0.25) is 0 Å². The van der Waals surface area contributed by atoms with Crippen LogP contribution in [0.3, 0.4) is 0 Å². The van der Waals surface area contributed by atoms with Gasteiger partial charge in [-0.15, -0.1) is 0 Å². The van der Waals surface area contributed by atoms with E-state index in [0.29, 0.717) is 28.7 Å². The Balaban J connectivity index is 2.35. The van der Waals surface area contributed by atoms with Gasteiger partial charge in [-0.2, -0.15) is 15.8 Å². The van der Waals surface area contributed by atoms with Crippen LogP contribution < -0.4 is 5.73 Å². The minimum atomic E-state index is -1.71. The summed E-state index contributed by atoms with van der Waals surface area (Å²) in [6, 6.07) is 11.8. The maximum Gasteiger partial charge on any atom is 0.191 e. The lowest BCUT2D eigenvalue weighted by Crippen LogP contribution is -2.49. The molecule has 0 saturated carbocycles. The molecule has 2 N–H and O–H groups in total. The van der Waals surface area contributed by atoms with Gasteiger partial charge in [-0.05, 0) is 31.1 Å². The molecule has 0 aromatic heterocycles. The van der Waals surface area contributed by atoms with Crippen molar-refractivity contribution in [3.63, 3.8) is 0 Å². The Labute approximate surface area is 174 Å². The summed E-state index contributed by atoms with van der Waals surface area (Å²) in [6.45, 7) is 5.42. The first kappa shape index (κ1) is 20.2. The van der Waals surface area contributed by atoms with Crippen LogP contribution in [0.2, 0.25) is 10.0 Å². The van der Waals surface area contributed by atoms with Crippen molar-refractivity contribution in [2.24, 2.45) is 17.1 Å². The van der Waals surface area contributed by atoms with E-state index in [1.807, 2.05) is 6.08 Å². The third kappa shape index (κ3) is 2.86. The van der Waals surface area contributed by atoms with Crippen molar-refractivity contribution in [3.8, 4) is 18.2 Å². The Morgan fingerprint density at radius 1 is 1.21 bits per heavy atom. The summed E-state index contributed by atoms with van der Waals surface area (Å²) in [6.07, 6.45) is 1.98. The SMILES string of the molecule is CC(C)N1CC=C2C(C#N)=C(N)C(C#N)(C#N)[C@H](c3cccc(Cl)c3Cl)C2C1. The van der Waals surface area contributed by atoms with Crippen molar-refractivity contribution >= 4 is 23.2 Å². The molecule has 1 aliphatic heterocycles. The van der Waals surface area contributed by atoms with Gasteiger partial charge in [-0.25, -0.2) is 0 Å². The predicted molar refractivity (Wildman–Crippen MR) is 108 cm³/mol. The van der Waals surface area contributed by atoms with Gasteiger partial charge in [0.1, 0.15) is 6.07 Å². The number of allylic oxidation sites excluding steroid dienone is 2. The summed E-state index contributed by atoms with van der Waals surface area (Å²) in [5.41, 5.74) is 6.17. The number of hydrogen-bond donors (Lipinski definition) is 1. The number of rotatable bonds is 2. The first-order valence-electron chi connectivity index (χ1n) is 8.93. The molecule has 5 nitrogen and oxygen atoms in total. The molecule has 0 fully saturated rings. The monoisotopic (exact) mass is 411 g/mol. The van der Waals surface area contributed by atoms with E-state index in [2.05, 4.69) is 37.0 Å². The number of nitriles is 3. The van der Waals surface area contributed by atoms with Crippen LogP contribution in [-0.2, 0) is 0 Å². The van der Waals surface area contributed by atoms with Crippen molar-refractivity contribution in [1.82, 2.24) is 4.90 Å². The van der Waals surface area contributed by atoms with Gasteiger partial charge in [0.05, 0.1) is 33.5 Å². The Hall–Kier alpha value is -2.49. The molecular weight excluding hydrogens is 393 g/mol. The van der Waals surface area contributed by atoms with E-state index in [0.717, 1.165) is 5.57 Å². The minimum absolute atomic E-state index is 0.0125. The van der Waals surface area contributed by atoms with Crippen molar-refractivity contribution in [1.29, 1.82) is 15.8 Å². The van der Waals surface area contributed by atoms with Gasteiger partial charge >= 0.3 is 0 Å². The fourth-order valence-electron chi connectivity index (χ4n) is 4.23. The fourth-order valence-corrected chi connectivity index (χ4v) is 4.65. The van der Waals surface area contributed by atoms with Gasteiger partial charge in [-0.1, -0.05) is 41.4 Å². The highest BCUT2D eigenvalue weighted by Gasteiger charge is 2.55. The van der Waals surface area contributed by atoms with Crippen LogP contribution in [0.1, 0.15) is 25.3 Å². The van der Waals surface area contributed by atoms with Gasteiger partial charge in [-0.3, -0.25) is 4.90 Å². The summed E-state index contributed by atoms with van der Waals surface area (Å²) in [4.78, 5) is 2.23. The number of hydrogen-bond acceptors (Lipinski definition) is 5. The zero-order valence-corrected chi connectivity index (χ0v) is 17.1. The molecule has 28 heavy (non-hydrogen) atoms. The molecule has 1 aromatic rings. The smallest absolute Gasteiger partial charge is 0.191 e. The molecule has 0 radical (unpaired) electrons. The summed E-state index contributed by atoms with van der Waals surface area (Å²) in [5, 5.41) is 30.6. The first-order chi connectivity index (χ1) is 13.3. The Bertz CT molecular complexity index is 989. The average molecular weight is 412 g/mol. The highest BCUT2D eigenvalue weighted by atomic mass is 35.5. The molecule has 0 spiro atoms. The van der Waals surface area contributed by atoms with Crippen molar-refractivity contribution in [3.05, 3.63) is 56.7 Å². The van der Waals surface area contributed by atoms with Crippen LogP contribution in [0.15, 0.2) is 41.1 Å². The van der Waals surface area contributed by atoms with Gasteiger partial charge in [0.25, 0.3) is 0 Å². The van der Waals surface area contributed by atoms with Crippen molar-refractivity contribution < 1.29 is 0 Å². The highest BCUT2D eigenvalue weighted by molar-refractivity contribution is 6.42. The summed E-state index contributed by atoms with van der Waals surface area (Å²) in [7, 11) is 0. The molecule has 0 bridgehead atoms. The molecule has 0 amide bonds. The second-order valence-corrected chi connectivity index (χ2v) is 8.15. The van der Waals surface area contributed by atoms with Crippen molar-refractivity contribution in [2.45, 2.75) is 25.8 Å². The maximum absolute atomic E-state index is 10.1. The van der Waals surface area contributed by atoms with Crippen LogP contribution >= 0.6 is 23.2 Å². The lowest BCUT2D eigenvalue weighted by Gasteiger charge is -2.46. The maximum atomic E-state index is 10.1. The van der Waals surface area contributed by atoms with E-state index in [1.165, 1.54) is 0 Å². The fraction of sp³-hybridized carbons (Fsp3) is 0.381. The Morgan fingerprint density at radius 3 is 2.46 bits per heavy atom. The number of nitrogens with zero attached hydrogens (tertiary/aromatic N) is 4. The van der Waals surface area contributed by atoms with E-state index < -0.39 is 11.3 Å². The van der Waals surface area contributed by atoms with Crippen molar-refractivity contribution in [2.75, 3.05) is 13.1 Å². The standard InChI is InChI=1S/C21H19Cl2N5/c1-12(2)28-7-6-13-15(8-24)20(27)21(10-25,11-26)18(16(13)9-28)14-4-3-5-17(22)19(14)23/h3-6,12,16,18H,7,9,27H2,1-2H3/t16?,18-/m1/s1. The second kappa shape index (κ2) is 7.50. The van der Waals surface area contributed by atoms with Crippen LogP contribution in [0, 0.1) is 45.3 Å². The molecule has 0 saturated heterocycles. The zero-order valence-electron chi connectivity index (χ0n) is 15.6. The molecule has 1 aliphatic carbocycles. The van der Waals surface area contributed by atoms with Crippen LogP contribution in [-0.4, -0.2) is 24.0 Å². The van der Waals surface area contributed by atoms with E-state index in [4.69, 9.17) is 28.9 Å². The number of nitrogens with two attached hydrogens (primary N) is 1. The Kier molecular flexibility index (Phi) is 5.42. The predicted octanol–water partition coefficient (Wildman–Crippen LogP) is 4.13. The highest BCUT2D eigenvalue weighted by Crippen LogP contribution is 2.55. The lowest BCUT2D eigenvalue weighted by molar-refractivity contribution is 0.174. The zero-order chi connectivity index (χ0) is 20.6. The number of fused-ring (bicyclic) bond motifs is 1. The minimum Gasteiger partial charge on any atom is -0.399 e. The summed E-state index contributed by atoms with van der Waals surface area (Å²) >= 11 is 12.8. The van der Waals surface area contributed by atoms with Gasteiger partial charge in [0, 0.05) is 31.0 Å². The molecular formula is C21H19Cl2N5. The molecule has 1 heterocycles. The third-order valence-electron chi connectivity index (χ3n) is 5.74. The average Bonchev–Trinajstić information content (AvgIpc) is 2.69. The quantitative estimate of drug-likeness (QED) is 0.787. The number of benzene rings is 1. The molecule has 3 rings (SSSR count). The molecule has 1 unspecified atom stereocenters. The largest absolute Gasteiger partial charge is 0.399 e. The molecule has 142 valence electrons. The normalized spacial score (nSPS) is 24.0. The van der Waals surface area contributed by atoms with Crippen LogP contribution in [0.5, 0.6) is 0 Å². The van der Waals surface area contributed by atoms with E-state index in [-0.39, 0.29) is 23.2 Å². The van der Waals surface area contributed by atoms with Gasteiger partial charge in [0.15, 0.2) is 5.41 Å². The van der Waals surface area contributed by atoms with Crippen LogP contribution in [0.4, 0.5) is 0 Å². The van der Waals surface area contributed by atoms with E-state index >= 15 is 0 Å². The summed E-state index contributed by atoms with van der Waals surface area (Å²) in [5.74, 6) is -0.924. The molecule has 2 aliphatic rings. The molecule has 1 aromatic carbocycles. The molecule has 2 atom stereocenters. The topological polar surface area (TPSA) is 101 Å². The van der Waals surface area contributed by atoms with Crippen LogP contribution in [0.25, 0.3) is 0 Å². The Morgan fingerprint density at radius 2 is 1.89 bits per heavy atom. The summed E-state index contributed by atoms with van der Waals surface area (Å²) < 4.78 is 0. The lowest BCUT2D eigenvalue weighted by atomic mass is 9.58. The van der Waals surface area contributed by atoms with Gasteiger partial charge < -0.3 is 5.73 Å². The first-order valence-corrected chi connectivity index (χ1v) is 9.69. The second-order valence-electron chi connectivity index (χ2n) is 7.37. The third-order valence-corrected chi connectivity index (χ3v) is 6.57. The number of halogens is 2. The van der Waals surface area contributed by atoms with E-state index in [1.54, 1.807) is 18.2 Å². The van der Waals surface area contributed by atoms with E-state index in [9.17, 15) is 15.8 Å². The molecule has 7 heteroatoms.